The maximum atomic E-state index is 2.52. The van der Waals surface area contributed by atoms with Crippen LogP contribution in [0.15, 0.2) is 32.9 Å². The van der Waals surface area contributed by atoms with Gasteiger partial charge in [0.05, 0.1) is 0 Å². The molecule has 0 unspecified atom stereocenters. The number of hydrogen-bond acceptors (Lipinski definition) is 3. The highest BCUT2D eigenvalue weighted by Crippen LogP contribution is 2.33. The summed E-state index contributed by atoms with van der Waals surface area (Å²) in [6, 6.07) is 7.57. The monoisotopic (exact) mass is 805 g/mol. The molecule has 318 valence electrons. The van der Waals surface area contributed by atoms with Crippen LogP contribution in [0.25, 0.3) is 0 Å². The largest absolute Gasteiger partial charge is 0.126 e. The fourth-order valence-corrected chi connectivity index (χ4v) is 11.0. The van der Waals surface area contributed by atoms with Crippen molar-refractivity contribution in [1.29, 1.82) is 0 Å². The van der Waals surface area contributed by atoms with Gasteiger partial charge in [-0.05, 0) is 54.7 Å². The number of thioether (sulfide) groups is 3. The van der Waals surface area contributed by atoms with E-state index < -0.39 is 0 Å². The molecule has 0 amide bonds. The highest BCUT2D eigenvalue weighted by atomic mass is 32.2. The van der Waals surface area contributed by atoms with Crippen LogP contribution in [-0.2, 0) is 0 Å². The standard InChI is InChI=1S/C51H96S3/c1-4-7-10-13-16-19-22-25-28-31-34-37-40-43-52-49-46-50(53-44-41-38-35-32-29-26-23-20-17-14-11-8-5-2)48-51(47-49)54-45-42-39-36-33-30-27-24-21-18-15-12-9-6-3/h46-48H,4-45H2,1-3H3. The van der Waals surface area contributed by atoms with Crippen molar-refractivity contribution in [3.63, 3.8) is 0 Å². The first-order valence-electron chi connectivity index (χ1n) is 24.8. The van der Waals surface area contributed by atoms with E-state index in [9.17, 15) is 0 Å². The summed E-state index contributed by atoms with van der Waals surface area (Å²) >= 11 is 6.39. The van der Waals surface area contributed by atoms with Crippen LogP contribution in [0, 0.1) is 0 Å². The topological polar surface area (TPSA) is 0 Å². The zero-order valence-corrected chi connectivity index (χ0v) is 39.6. The third-order valence-corrected chi connectivity index (χ3v) is 14.6. The number of benzene rings is 1. The molecule has 1 rings (SSSR count). The predicted molar refractivity (Wildman–Crippen MR) is 256 cm³/mol. The average Bonchev–Trinajstić information content (AvgIpc) is 3.18. The SMILES string of the molecule is CCCCCCCCCCCCCCCSc1cc(SCCCCCCCCCCCCCCC)cc(SCCCCCCCCCCCCCCC)c1. The Morgan fingerprint density at radius 1 is 0.222 bits per heavy atom. The van der Waals surface area contributed by atoms with Gasteiger partial charge in [-0.2, -0.15) is 0 Å². The number of unbranched alkanes of at least 4 members (excludes halogenated alkanes) is 36. The summed E-state index contributed by atoms with van der Waals surface area (Å²) in [5, 5.41) is 0. The van der Waals surface area contributed by atoms with E-state index in [1.54, 1.807) is 0 Å². The Hall–Kier alpha value is 0.270. The summed E-state index contributed by atoms with van der Waals surface area (Å²) in [4.78, 5) is 4.58. The minimum absolute atomic E-state index is 1.29. The van der Waals surface area contributed by atoms with E-state index in [0.29, 0.717) is 0 Å². The first kappa shape index (κ1) is 52.3. The Bertz CT molecular complexity index is 731. The summed E-state index contributed by atoms with van der Waals surface area (Å²) in [5.41, 5.74) is 0. The van der Waals surface area contributed by atoms with Crippen molar-refractivity contribution in [3.8, 4) is 0 Å². The van der Waals surface area contributed by atoms with Crippen molar-refractivity contribution < 1.29 is 0 Å². The van der Waals surface area contributed by atoms with Gasteiger partial charge in [-0.3, -0.25) is 0 Å². The molecule has 0 saturated heterocycles. The van der Waals surface area contributed by atoms with E-state index in [1.165, 1.54) is 282 Å². The first-order chi connectivity index (χ1) is 26.8. The van der Waals surface area contributed by atoms with Gasteiger partial charge in [0.1, 0.15) is 0 Å². The number of hydrogen-bond donors (Lipinski definition) is 0. The quantitative estimate of drug-likeness (QED) is 0.0476. The van der Waals surface area contributed by atoms with Crippen molar-refractivity contribution >= 4 is 35.3 Å². The molecular formula is C51H96S3. The fourth-order valence-electron chi connectivity index (χ4n) is 7.73. The van der Waals surface area contributed by atoms with Gasteiger partial charge in [-0.1, -0.05) is 252 Å². The van der Waals surface area contributed by atoms with Gasteiger partial charge in [0.2, 0.25) is 0 Å². The molecule has 1 aromatic carbocycles. The lowest BCUT2D eigenvalue weighted by Crippen LogP contribution is -1.88. The summed E-state index contributed by atoms with van der Waals surface area (Å²) in [5.74, 6) is 3.86. The molecule has 0 aliphatic carbocycles. The van der Waals surface area contributed by atoms with Gasteiger partial charge in [-0.25, -0.2) is 0 Å². The van der Waals surface area contributed by atoms with Crippen LogP contribution < -0.4 is 0 Å². The average molecular weight is 806 g/mol. The summed E-state index contributed by atoms with van der Waals surface area (Å²) in [7, 11) is 0. The van der Waals surface area contributed by atoms with E-state index >= 15 is 0 Å². The van der Waals surface area contributed by atoms with Crippen molar-refractivity contribution in [2.75, 3.05) is 17.3 Å². The molecule has 0 aliphatic rings. The summed E-state index contributed by atoms with van der Waals surface area (Å²) < 4.78 is 0. The Labute approximate surface area is 354 Å². The highest BCUT2D eigenvalue weighted by Gasteiger charge is 2.06. The molecule has 54 heavy (non-hydrogen) atoms. The molecule has 0 nitrogen and oxygen atoms in total. The third kappa shape index (κ3) is 37.8. The zero-order valence-electron chi connectivity index (χ0n) is 37.2. The lowest BCUT2D eigenvalue weighted by Gasteiger charge is -2.10. The van der Waals surface area contributed by atoms with Crippen molar-refractivity contribution in [2.45, 2.75) is 286 Å². The lowest BCUT2D eigenvalue weighted by atomic mass is 10.1. The van der Waals surface area contributed by atoms with Crippen molar-refractivity contribution in [3.05, 3.63) is 18.2 Å². The second kappa shape index (κ2) is 44.4. The number of rotatable bonds is 45. The summed E-state index contributed by atoms with van der Waals surface area (Å²) in [6.45, 7) is 6.94. The zero-order chi connectivity index (χ0) is 38.7. The van der Waals surface area contributed by atoms with E-state index in [0.717, 1.165) is 0 Å². The first-order valence-corrected chi connectivity index (χ1v) is 27.8. The van der Waals surface area contributed by atoms with Crippen LogP contribution in [-0.4, -0.2) is 17.3 Å². The fraction of sp³-hybridized carbons (Fsp3) is 0.882. The highest BCUT2D eigenvalue weighted by molar-refractivity contribution is 8.00. The molecule has 0 aromatic heterocycles. The molecule has 0 bridgehead atoms. The van der Waals surface area contributed by atoms with Crippen LogP contribution in [0.3, 0.4) is 0 Å². The molecule has 0 N–H and O–H groups in total. The molecule has 1 aromatic rings. The van der Waals surface area contributed by atoms with Crippen LogP contribution in [0.4, 0.5) is 0 Å². The molecule has 0 heterocycles. The molecule has 0 spiro atoms. The van der Waals surface area contributed by atoms with Gasteiger partial charge in [0, 0.05) is 14.7 Å². The van der Waals surface area contributed by atoms with Crippen LogP contribution in [0.1, 0.15) is 271 Å². The van der Waals surface area contributed by atoms with Gasteiger partial charge in [-0.15, -0.1) is 35.3 Å². The van der Waals surface area contributed by atoms with E-state index in [4.69, 9.17) is 0 Å². The molecule has 0 aliphatic heterocycles. The minimum atomic E-state index is 1.29. The maximum Gasteiger partial charge on any atom is 0.00942 e. The molecule has 3 heteroatoms. The Morgan fingerprint density at radius 2 is 0.370 bits per heavy atom. The minimum Gasteiger partial charge on any atom is -0.126 e. The second-order valence-corrected chi connectivity index (χ2v) is 20.4. The Morgan fingerprint density at radius 3 is 0.537 bits per heavy atom. The van der Waals surface area contributed by atoms with Crippen LogP contribution >= 0.6 is 35.3 Å². The third-order valence-electron chi connectivity index (χ3n) is 11.4. The van der Waals surface area contributed by atoms with Gasteiger partial charge >= 0.3 is 0 Å². The van der Waals surface area contributed by atoms with Gasteiger partial charge in [0.25, 0.3) is 0 Å². The Kier molecular flexibility index (Phi) is 43.0. The van der Waals surface area contributed by atoms with E-state index in [1.807, 2.05) is 0 Å². The van der Waals surface area contributed by atoms with E-state index in [-0.39, 0.29) is 0 Å². The molecular weight excluding hydrogens is 709 g/mol. The Balaban J connectivity index is 2.29. The van der Waals surface area contributed by atoms with Gasteiger partial charge < -0.3 is 0 Å². The predicted octanol–water partition coefficient (Wildman–Crippen LogP) is 20.2. The van der Waals surface area contributed by atoms with Crippen molar-refractivity contribution in [2.24, 2.45) is 0 Å². The molecule has 0 radical (unpaired) electrons. The van der Waals surface area contributed by atoms with Crippen LogP contribution in [0.2, 0.25) is 0 Å². The molecule has 0 saturated carbocycles. The molecule has 0 atom stereocenters. The summed E-state index contributed by atoms with van der Waals surface area (Å²) in [6.07, 6.45) is 56.2. The smallest absolute Gasteiger partial charge is 0.00942 e. The molecule has 0 fully saturated rings. The lowest BCUT2D eigenvalue weighted by molar-refractivity contribution is 0.543. The maximum absolute atomic E-state index is 2.52. The van der Waals surface area contributed by atoms with E-state index in [2.05, 4.69) is 74.3 Å². The van der Waals surface area contributed by atoms with Crippen LogP contribution in [0.5, 0.6) is 0 Å². The van der Waals surface area contributed by atoms with Gasteiger partial charge in [0.15, 0.2) is 0 Å². The van der Waals surface area contributed by atoms with Crippen molar-refractivity contribution in [1.82, 2.24) is 0 Å². The normalized spacial score (nSPS) is 11.6. The second-order valence-electron chi connectivity index (χ2n) is 16.9.